The minimum Gasteiger partial charge on any atom is -0.457 e. The van der Waals surface area contributed by atoms with Crippen molar-refractivity contribution >= 4 is 5.97 Å². The number of nitrogens with two attached hydrogens (primary N) is 1. The molecule has 1 aromatic carbocycles. The Balaban J connectivity index is 2.41. The minimum absolute atomic E-state index is 0.184. The highest BCUT2D eigenvalue weighted by molar-refractivity contribution is 5.93. The molecule has 0 radical (unpaired) electrons. The Bertz CT molecular complexity index is 398. The molecule has 2 N–H and O–H groups in total. The van der Waals surface area contributed by atoms with Gasteiger partial charge in [0.05, 0.1) is 5.56 Å². The zero-order valence-electron chi connectivity index (χ0n) is 7.69. The van der Waals surface area contributed by atoms with E-state index >= 15 is 0 Å². The van der Waals surface area contributed by atoms with Gasteiger partial charge in [0.15, 0.2) is 0 Å². The van der Waals surface area contributed by atoms with Gasteiger partial charge in [-0.15, -0.1) is 6.58 Å². The van der Waals surface area contributed by atoms with E-state index in [1.807, 2.05) is 12.1 Å². The SMILES string of the molecule is C=C[C@@H](N)c1ccc2c(c1)COC2=O. The van der Waals surface area contributed by atoms with E-state index in [2.05, 4.69) is 6.58 Å². The van der Waals surface area contributed by atoms with E-state index in [0.29, 0.717) is 12.2 Å². The number of fused-ring (bicyclic) bond motifs is 1. The van der Waals surface area contributed by atoms with Gasteiger partial charge in [-0.1, -0.05) is 12.1 Å². The van der Waals surface area contributed by atoms with Gasteiger partial charge in [0.2, 0.25) is 0 Å². The Morgan fingerprint density at radius 1 is 1.57 bits per heavy atom. The van der Waals surface area contributed by atoms with Crippen LogP contribution in [0.2, 0.25) is 0 Å². The number of carbonyl (C=O) groups excluding carboxylic acids is 1. The van der Waals surface area contributed by atoms with Gasteiger partial charge >= 0.3 is 5.97 Å². The summed E-state index contributed by atoms with van der Waals surface area (Å²) < 4.78 is 4.89. The predicted octanol–water partition coefficient (Wildman–Crippen LogP) is 1.54. The molecule has 0 bridgehead atoms. The number of cyclic esters (lactones) is 1. The summed E-state index contributed by atoms with van der Waals surface area (Å²) in [5.41, 5.74) is 8.29. The van der Waals surface area contributed by atoms with Crippen molar-refractivity contribution in [2.24, 2.45) is 5.73 Å². The molecule has 1 aliphatic heterocycles. The smallest absolute Gasteiger partial charge is 0.338 e. The Morgan fingerprint density at radius 3 is 3.07 bits per heavy atom. The van der Waals surface area contributed by atoms with Crippen molar-refractivity contribution in [3.05, 3.63) is 47.5 Å². The third-order valence-corrected chi connectivity index (χ3v) is 2.35. The van der Waals surface area contributed by atoms with E-state index < -0.39 is 0 Å². The number of hydrogen-bond donors (Lipinski definition) is 1. The lowest BCUT2D eigenvalue weighted by atomic mass is 10.0. The van der Waals surface area contributed by atoms with Crippen molar-refractivity contribution in [1.29, 1.82) is 0 Å². The number of ether oxygens (including phenoxy) is 1. The first-order valence-electron chi connectivity index (χ1n) is 4.40. The van der Waals surface area contributed by atoms with E-state index in [1.54, 1.807) is 12.1 Å². The maximum atomic E-state index is 11.1. The summed E-state index contributed by atoms with van der Waals surface area (Å²) >= 11 is 0. The Kier molecular flexibility index (Phi) is 2.09. The second-order valence-corrected chi connectivity index (χ2v) is 3.25. The Labute approximate surface area is 82.2 Å². The maximum Gasteiger partial charge on any atom is 0.338 e. The van der Waals surface area contributed by atoms with Crippen molar-refractivity contribution < 1.29 is 9.53 Å². The Hall–Kier alpha value is -1.61. The van der Waals surface area contributed by atoms with Crippen LogP contribution in [0.5, 0.6) is 0 Å². The maximum absolute atomic E-state index is 11.1. The third-order valence-electron chi connectivity index (χ3n) is 2.35. The molecule has 0 aliphatic carbocycles. The first kappa shape index (κ1) is 8.97. The second-order valence-electron chi connectivity index (χ2n) is 3.25. The fraction of sp³-hybridized carbons (Fsp3) is 0.182. The van der Waals surface area contributed by atoms with Gasteiger partial charge in [0.25, 0.3) is 0 Å². The third kappa shape index (κ3) is 1.32. The van der Waals surface area contributed by atoms with Crippen molar-refractivity contribution in [2.75, 3.05) is 0 Å². The van der Waals surface area contributed by atoms with Crippen molar-refractivity contribution in [1.82, 2.24) is 0 Å². The minimum atomic E-state index is -0.251. The molecule has 3 nitrogen and oxygen atoms in total. The van der Waals surface area contributed by atoms with Crippen molar-refractivity contribution in [2.45, 2.75) is 12.6 Å². The molecular weight excluding hydrogens is 178 g/mol. The molecule has 1 heterocycles. The molecule has 1 aliphatic rings. The van der Waals surface area contributed by atoms with Gasteiger partial charge < -0.3 is 10.5 Å². The van der Waals surface area contributed by atoms with Crippen LogP contribution in [0.25, 0.3) is 0 Å². The van der Waals surface area contributed by atoms with E-state index in [9.17, 15) is 4.79 Å². The summed E-state index contributed by atoms with van der Waals surface area (Å²) in [4.78, 5) is 11.1. The molecule has 0 fully saturated rings. The normalized spacial score (nSPS) is 15.9. The van der Waals surface area contributed by atoms with Crippen LogP contribution in [0, 0.1) is 0 Å². The van der Waals surface area contributed by atoms with E-state index in [-0.39, 0.29) is 12.0 Å². The average molecular weight is 189 g/mol. The van der Waals surface area contributed by atoms with Gasteiger partial charge in [-0.05, 0) is 17.7 Å². The lowest BCUT2D eigenvalue weighted by Crippen LogP contribution is -2.07. The predicted molar refractivity (Wildman–Crippen MR) is 52.7 cm³/mol. The van der Waals surface area contributed by atoms with Crippen LogP contribution in [0.15, 0.2) is 30.9 Å². The number of carbonyl (C=O) groups is 1. The summed E-state index contributed by atoms with van der Waals surface area (Å²) in [6, 6.07) is 5.30. The van der Waals surface area contributed by atoms with Crippen LogP contribution in [-0.2, 0) is 11.3 Å². The second kappa shape index (κ2) is 3.27. The van der Waals surface area contributed by atoms with Crippen LogP contribution in [0.1, 0.15) is 27.5 Å². The zero-order valence-corrected chi connectivity index (χ0v) is 7.69. The van der Waals surface area contributed by atoms with Gasteiger partial charge in [0.1, 0.15) is 6.61 Å². The van der Waals surface area contributed by atoms with E-state index in [1.165, 1.54) is 0 Å². The average Bonchev–Trinajstić information content (AvgIpc) is 2.59. The van der Waals surface area contributed by atoms with Crippen LogP contribution >= 0.6 is 0 Å². The van der Waals surface area contributed by atoms with Crippen molar-refractivity contribution in [3.8, 4) is 0 Å². The highest BCUT2D eigenvalue weighted by Gasteiger charge is 2.21. The van der Waals surface area contributed by atoms with Crippen molar-refractivity contribution in [3.63, 3.8) is 0 Å². The quantitative estimate of drug-likeness (QED) is 0.567. The summed E-state index contributed by atoms with van der Waals surface area (Å²) in [5, 5.41) is 0. The Morgan fingerprint density at radius 2 is 2.36 bits per heavy atom. The highest BCUT2D eigenvalue weighted by atomic mass is 16.5. The number of rotatable bonds is 2. The summed E-state index contributed by atoms with van der Waals surface area (Å²) in [7, 11) is 0. The molecule has 14 heavy (non-hydrogen) atoms. The molecule has 2 rings (SSSR count). The summed E-state index contributed by atoms with van der Waals surface area (Å²) in [5.74, 6) is -0.251. The van der Waals surface area contributed by atoms with Gasteiger partial charge in [-0.25, -0.2) is 4.79 Å². The monoisotopic (exact) mass is 189 g/mol. The topological polar surface area (TPSA) is 52.3 Å². The highest BCUT2D eigenvalue weighted by Crippen LogP contribution is 2.23. The molecule has 0 amide bonds. The first-order valence-corrected chi connectivity index (χ1v) is 4.40. The van der Waals surface area contributed by atoms with Crippen LogP contribution in [-0.4, -0.2) is 5.97 Å². The zero-order chi connectivity index (χ0) is 10.1. The first-order chi connectivity index (χ1) is 6.72. The largest absolute Gasteiger partial charge is 0.457 e. The van der Waals surface area contributed by atoms with Gasteiger partial charge in [0, 0.05) is 11.6 Å². The van der Waals surface area contributed by atoms with Crippen LogP contribution < -0.4 is 5.73 Å². The molecule has 3 heteroatoms. The lowest BCUT2D eigenvalue weighted by Gasteiger charge is -2.06. The van der Waals surface area contributed by atoms with Crippen LogP contribution in [0.3, 0.4) is 0 Å². The number of esters is 1. The number of hydrogen-bond acceptors (Lipinski definition) is 3. The summed E-state index contributed by atoms with van der Waals surface area (Å²) in [6.45, 7) is 3.98. The van der Waals surface area contributed by atoms with Gasteiger partial charge in [-0.3, -0.25) is 0 Å². The standard InChI is InChI=1S/C11H11NO2/c1-2-10(12)7-3-4-9-8(5-7)6-14-11(9)13/h2-5,10H,1,6,12H2/t10-/m1/s1. The van der Waals surface area contributed by atoms with E-state index in [4.69, 9.17) is 10.5 Å². The molecule has 1 aromatic rings. The molecule has 0 aromatic heterocycles. The molecule has 1 atom stereocenters. The molecule has 0 unspecified atom stereocenters. The number of benzene rings is 1. The van der Waals surface area contributed by atoms with Crippen LogP contribution in [0.4, 0.5) is 0 Å². The molecule has 72 valence electrons. The molecule has 0 saturated carbocycles. The molecule has 0 saturated heterocycles. The van der Waals surface area contributed by atoms with Gasteiger partial charge in [-0.2, -0.15) is 0 Å². The fourth-order valence-electron chi connectivity index (χ4n) is 1.50. The molecule has 0 spiro atoms. The lowest BCUT2D eigenvalue weighted by molar-refractivity contribution is 0.0535. The van der Waals surface area contributed by atoms with E-state index in [0.717, 1.165) is 11.1 Å². The molecular formula is C11H11NO2. The summed E-state index contributed by atoms with van der Waals surface area (Å²) in [6.07, 6.45) is 1.67. The fourth-order valence-corrected chi connectivity index (χ4v) is 1.50.